The lowest BCUT2D eigenvalue weighted by Crippen LogP contribution is -2.03. The number of benzene rings is 2. The van der Waals surface area contributed by atoms with Crippen molar-refractivity contribution in [3.05, 3.63) is 59.7 Å². The minimum absolute atomic E-state index is 0.546. The largest absolute Gasteiger partial charge is 0.490 e. The summed E-state index contributed by atoms with van der Waals surface area (Å²) in [6, 6.07) is 17.5. The zero-order valence-corrected chi connectivity index (χ0v) is 11.5. The Bertz CT molecular complexity index is 588. The topological polar surface area (TPSA) is 42.2 Å². The molecule has 0 saturated heterocycles. The molecule has 0 bridgehead atoms. The Balaban J connectivity index is 2.00. The number of ether oxygens (including phenoxy) is 2. The van der Waals surface area contributed by atoms with Gasteiger partial charge in [0.2, 0.25) is 0 Å². The molecule has 0 N–H and O–H groups in total. The summed E-state index contributed by atoms with van der Waals surface area (Å²) in [5.41, 5.74) is 1.81. The van der Waals surface area contributed by atoms with E-state index in [0.717, 1.165) is 6.42 Å². The fraction of sp³-hybridized carbons (Fsp3) is 0.235. The standard InChI is InChI=1S/C17H17NO2/c1-2-19-17-12-15(13-18)8-9-16(17)20-11-10-14-6-4-3-5-7-14/h3-9,12H,2,10-11H2,1H3. The van der Waals surface area contributed by atoms with Crippen molar-refractivity contribution in [2.24, 2.45) is 0 Å². The summed E-state index contributed by atoms with van der Waals surface area (Å²) in [6.45, 7) is 3.03. The molecule has 0 heterocycles. The van der Waals surface area contributed by atoms with Gasteiger partial charge in [-0.25, -0.2) is 0 Å². The van der Waals surface area contributed by atoms with Crippen molar-refractivity contribution in [3.63, 3.8) is 0 Å². The zero-order chi connectivity index (χ0) is 14.2. The Morgan fingerprint density at radius 2 is 1.80 bits per heavy atom. The summed E-state index contributed by atoms with van der Waals surface area (Å²) in [6.07, 6.45) is 0.840. The second kappa shape index (κ2) is 7.20. The van der Waals surface area contributed by atoms with Gasteiger partial charge in [0, 0.05) is 12.5 Å². The maximum atomic E-state index is 8.90. The van der Waals surface area contributed by atoms with Crippen molar-refractivity contribution >= 4 is 0 Å². The molecule has 0 radical (unpaired) electrons. The van der Waals surface area contributed by atoms with Crippen LogP contribution < -0.4 is 9.47 Å². The molecule has 0 saturated carbocycles. The minimum Gasteiger partial charge on any atom is -0.490 e. The second-order valence-electron chi connectivity index (χ2n) is 4.29. The highest BCUT2D eigenvalue weighted by atomic mass is 16.5. The Morgan fingerprint density at radius 1 is 1.00 bits per heavy atom. The van der Waals surface area contributed by atoms with Crippen molar-refractivity contribution in [1.29, 1.82) is 5.26 Å². The van der Waals surface area contributed by atoms with Crippen molar-refractivity contribution in [1.82, 2.24) is 0 Å². The third-order valence-corrected chi connectivity index (χ3v) is 2.86. The van der Waals surface area contributed by atoms with Crippen LogP contribution in [0.5, 0.6) is 11.5 Å². The number of nitriles is 1. The molecule has 0 spiro atoms. The summed E-state index contributed by atoms with van der Waals surface area (Å²) in [4.78, 5) is 0. The number of rotatable bonds is 6. The molecule has 0 aliphatic rings. The van der Waals surface area contributed by atoms with Gasteiger partial charge >= 0.3 is 0 Å². The number of hydrogen-bond donors (Lipinski definition) is 0. The molecule has 2 rings (SSSR count). The van der Waals surface area contributed by atoms with Gasteiger partial charge < -0.3 is 9.47 Å². The van der Waals surface area contributed by atoms with E-state index in [1.54, 1.807) is 18.2 Å². The molecule has 3 nitrogen and oxygen atoms in total. The SMILES string of the molecule is CCOc1cc(C#N)ccc1OCCc1ccccc1. The molecular formula is C17H17NO2. The van der Waals surface area contributed by atoms with Crippen LogP contribution >= 0.6 is 0 Å². The van der Waals surface area contributed by atoms with Crippen LogP contribution in [-0.2, 0) is 6.42 Å². The average molecular weight is 267 g/mol. The van der Waals surface area contributed by atoms with Gasteiger partial charge in [0.15, 0.2) is 11.5 Å². The van der Waals surface area contributed by atoms with Crippen molar-refractivity contribution in [3.8, 4) is 17.6 Å². The predicted octanol–water partition coefficient (Wildman–Crippen LogP) is 3.58. The minimum atomic E-state index is 0.546. The van der Waals surface area contributed by atoms with E-state index < -0.39 is 0 Å². The number of hydrogen-bond acceptors (Lipinski definition) is 3. The first-order valence-electron chi connectivity index (χ1n) is 6.67. The molecule has 2 aromatic rings. The Morgan fingerprint density at radius 3 is 2.50 bits per heavy atom. The van der Waals surface area contributed by atoms with Crippen molar-refractivity contribution in [2.45, 2.75) is 13.3 Å². The van der Waals surface area contributed by atoms with E-state index in [1.165, 1.54) is 5.56 Å². The van der Waals surface area contributed by atoms with Crippen LogP contribution in [0.4, 0.5) is 0 Å². The third kappa shape index (κ3) is 3.76. The van der Waals surface area contributed by atoms with Gasteiger partial charge in [-0.1, -0.05) is 30.3 Å². The number of nitrogens with zero attached hydrogens (tertiary/aromatic N) is 1. The van der Waals surface area contributed by atoms with Crippen LogP contribution in [0.2, 0.25) is 0 Å². The lowest BCUT2D eigenvalue weighted by molar-refractivity contribution is 0.279. The van der Waals surface area contributed by atoms with Crippen molar-refractivity contribution in [2.75, 3.05) is 13.2 Å². The summed E-state index contributed by atoms with van der Waals surface area (Å²) in [5, 5.41) is 8.90. The van der Waals surface area contributed by atoms with Gasteiger partial charge in [0.05, 0.1) is 24.8 Å². The molecule has 0 unspecified atom stereocenters. The van der Waals surface area contributed by atoms with Crippen LogP contribution in [0, 0.1) is 11.3 Å². The molecule has 0 amide bonds. The molecule has 20 heavy (non-hydrogen) atoms. The fourth-order valence-corrected chi connectivity index (χ4v) is 1.89. The van der Waals surface area contributed by atoms with E-state index >= 15 is 0 Å². The Labute approximate surface area is 119 Å². The van der Waals surface area contributed by atoms with Crippen LogP contribution in [0.3, 0.4) is 0 Å². The Hall–Kier alpha value is -2.47. The van der Waals surface area contributed by atoms with E-state index in [-0.39, 0.29) is 0 Å². The van der Waals surface area contributed by atoms with Gasteiger partial charge in [-0.15, -0.1) is 0 Å². The summed E-state index contributed by atoms with van der Waals surface area (Å²) < 4.78 is 11.3. The zero-order valence-electron chi connectivity index (χ0n) is 11.5. The smallest absolute Gasteiger partial charge is 0.162 e. The van der Waals surface area contributed by atoms with E-state index in [0.29, 0.717) is 30.3 Å². The van der Waals surface area contributed by atoms with Gasteiger partial charge in [0.25, 0.3) is 0 Å². The molecule has 102 valence electrons. The first kappa shape index (κ1) is 14.0. The summed E-state index contributed by atoms with van der Waals surface area (Å²) >= 11 is 0. The highest BCUT2D eigenvalue weighted by molar-refractivity contribution is 5.46. The molecule has 2 aromatic carbocycles. The molecule has 0 atom stereocenters. The molecule has 0 aromatic heterocycles. The summed E-state index contributed by atoms with van der Waals surface area (Å²) in [7, 11) is 0. The predicted molar refractivity (Wildman–Crippen MR) is 78.0 cm³/mol. The maximum absolute atomic E-state index is 8.90. The highest BCUT2D eigenvalue weighted by Gasteiger charge is 2.06. The van der Waals surface area contributed by atoms with Gasteiger partial charge in [-0.2, -0.15) is 5.26 Å². The molecular weight excluding hydrogens is 250 g/mol. The van der Waals surface area contributed by atoms with Crippen LogP contribution in [0.25, 0.3) is 0 Å². The maximum Gasteiger partial charge on any atom is 0.162 e. The van der Waals surface area contributed by atoms with Crippen molar-refractivity contribution < 1.29 is 9.47 Å². The fourth-order valence-electron chi connectivity index (χ4n) is 1.89. The van der Waals surface area contributed by atoms with Crippen LogP contribution in [-0.4, -0.2) is 13.2 Å². The molecule has 3 heteroatoms. The van der Waals surface area contributed by atoms with Crippen LogP contribution in [0.1, 0.15) is 18.1 Å². The van der Waals surface area contributed by atoms with Gasteiger partial charge in [-0.3, -0.25) is 0 Å². The molecule has 0 aliphatic carbocycles. The van der Waals surface area contributed by atoms with Gasteiger partial charge in [-0.05, 0) is 24.6 Å². The third-order valence-electron chi connectivity index (χ3n) is 2.86. The van der Waals surface area contributed by atoms with Gasteiger partial charge in [0.1, 0.15) is 0 Å². The highest BCUT2D eigenvalue weighted by Crippen LogP contribution is 2.28. The average Bonchev–Trinajstić information content (AvgIpc) is 2.50. The van der Waals surface area contributed by atoms with E-state index in [4.69, 9.17) is 14.7 Å². The quantitative estimate of drug-likeness (QED) is 0.803. The van der Waals surface area contributed by atoms with E-state index in [9.17, 15) is 0 Å². The van der Waals surface area contributed by atoms with E-state index in [1.807, 2.05) is 25.1 Å². The lowest BCUT2D eigenvalue weighted by Gasteiger charge is -2.12. The molecule has 0 fully saturated rings. The second-order valence-corrected chi connectivity index (χ2v) is 4.29. The molecule has 0 aliphatic heterocycles. The van der Waals surface area contributed by atoms with Crippen LogP contribution in [0.15, 0.2) is 48.5 Å². The normalized spacial score (nSPS) is 9.80. The first-order chi connectivity index (χ1) is 9.83. The lowest BCUT2D eigenvalue weighted by atomic mass is 10.2. The first-order valence-corrected chi connectivity index (χ1v) is 6.67. The Kier molecular flexibility index (Phi) is 5.02. The van der Waals surface area contributed by atoms with E-state index in [2.05, 4.69) is 18.2 Å². The monoisotopic (exact) mass is 267 g/mol. The summed E-state index contributed by atoms with van der Waals surface area (Å²) in [5.74, 6) is 1.31.